The summed E-state index contributed by atoms with van der Waals surface area (Å²) >= 11 is 0. The van der Waals surface area contributed by atoms with E-state index in [-0.39, 0.29) is 13.0 Å². The van der Waals surface area contributed by atoms with E-state index in [4.69, 9.17) is 11.5 Å². The lowest BCUT2D eigenvalue weighted by molar-refractivity contribution is -0.120. The number of anilines is 1. The largest absolute Gasteiger partial charge is 0.368 e. The van der Waals surface area contributed by atoms with Crippen LogP contribution in [0.15, 0.2) is 24.5 Å². The van der Waals surface area contributed by atoms with E-state index in [2.05, 4.69) is 4.98 Å². The van der Waals surface area contributed by atoms with Gasteiger partial charge in [0.15, 0.2) is 0 Å². The van der Waals surface area contributed by atoms with Crippen LogP contribution in [0.25, 0.3) is 0 Å². The predicted molar refractivity (Wildman–Crippen MR) is 81.7 cm³/mol. The van der Waals surface area contributed by atoms with Crippen molar-refractivity contribution in [1.82, 2.24) is 4.98 Å². The van der Waals surface area contributed by atoms with E-state index >= 15 is 0 Å². The van der Waals surface area contributed by atoms with Crippen LogP contribution in [0, 0.1) is 5.92 Å². The number of primary amides is 1. The van der Waals surface area contributed by atoms with Gasteiger partial charge in [-0.3, -0.25) is 14.3 Å². The summed E-state index contributed by atoms with van der Waals surface area (Å²) in [6.07, 6.45) is 3.95. The number of hydrogen-bond acceptors (Lipinski definition) is 6. The summed E-state index contributed by atoms with van der Waals surface area (Å²) in [5, 5.41) is -1.08. The van der Waals surface area contributed by atoms with Crippen molar-refractivity contribution in [3.8, 4) is 0 Å². The number of aromatic nitrogens is 1. The highest BCUT2D eigenvalue weighted by Crippen LogP contribution is 2.31. The highest BCUT2D eigenvalue weighted by atomic mass is 32.2. The minimum absolute atomic E-state index is 0.190. The van der Waals surface area contributed by atoms with Crippen molar-refractivity contribution in [2.45, 2.75) is 24.1 Å². The van der Waals surface area contributed by atoms with E-state index in [0.29, 0.717) is 13.0 Å². The van der Waals surface area contributed by atoms with Crippen LogP contribution in [0.2, 0.25) is 0 Å². The van der Waals surface area contributed by atoms with Crippen LogP contribution in [0.4, 0.5) is 5.69 Å². The molecule has 0 radical (unpaired) electrons. The van der Waals surface area contributed by atoms with E-state index in [1.165, 1.54) is 0 Å². The Bertz CT molecular complexity index is 622. The number of nitrogens with zero attached hydrogens (tertiary/aromatic N) is 2. The standard InChI is InChI=1S/C13H20N4O4S/c14-8-12(22(19,20)21)9-3-6-17(11(7-9)13(15)18)10-1-4-16-5-2-10/h1-2,4-5,9,11-12H,3,6-8,14H2,(H2,15,18)(H,19,20,21). The summed E-state index contributed by atoms with van der Waals surface area (Å²) in [6, 6.07) is 2.89. The highest BCUT2D eigenvalue weighted by Gasteiger charge is 2.39. The zero-order valence-corrected chi connectivity index (χ0v) is 12.8. The Morgan fingerprint density at radius 2 is 2.09 bits per heavy atom. The molecule has 8 nitrogen and oxygen atoms in total. The molecule has 0 aliphatic carbocycles. The average molecular weight is 328 g/mol. The van der Waals surface area contributed by atoms with Crippen LogP contribution in [-0.4, -0.2) is 48.2 Å². The number of hydrogen-bond donors (Lipinski definition) is 3. The molecule has 3 atom stereocenters. The summed E-state index contributed by atoms with van der Waals surface area (Å²) in [5.41, 5.74) is 11.7. The topological polar surface area (TPSA) is 140 Å². The van der Waals surface area contributed by atoms with Crippen LogP contribution in [0.5, 0.6) is 0 Å². The van der Waals surface area contributed by atoms with E-state index in [9.17, 15) is 17.8 Å². The molecule has 122 valence electrons. The molecule has 3 unspecified atom stereocenters. The minimum Gasteiger partial charge on any atom is -0.368 e. The monoisotopic (exact) mass is 328 g/mol. The van der Waals surface area contributed by atoms with Crippen molar-refractivity contribution >= 4 is 21.7 Å². The van der Waals surface area contributed by atoms with Gasteiger partial charge in [0, 0.05) is 31.2 Å². The molecule has 22 heavy (non-hydrogen) atoms. The Morgan fingerprint density at radius 1 is 1.45 bits per heavy atom. The molecule has 0 saturated carbocycles. The molecule has 1 aliphatic heterocycles. The minimum atomic E-state index is -4.25. The maximum Gasteiger partial charge on any atom is 0.269 e. The SMILES string of the molecule is NCC(C1CCN(c2ccncc2)C(C(N)=O)C1)S(=O)(=O)O. The quantitative estimate of drug-likeness (QED) is 0.611. The number of carbonyl (C=O) groups excluding carboxylic acids is 1. The van der Waals surface area contributed by atoms with Gasteiger partial charge in [0.05, 0.1) is 0 Å². The third-order valence-corrected chi connectivity index (χ3v) is 5.45. The number of piperidine rings is 1. The smallest absolute Gasteiger partial charge is 0.269 e. The molecule has 2 heterocycles. The molecule has 1 amide bonds. The van der Waals surface area contributed by atoms with Crippen molar-refractivity contribution in [3.05, 3.63) is 24.5 Å². The Kier molecular flexibility index (Phi) is 4.99. The number of rotatable bonds is 5. The Labute approximate surface area is 129 Å². The van der Waals surface area contributed by atoms with Gasteiger partial charge < -0.3 is 16.4 Å². The summed E-state index contributed by atoms with van der Waals surface area (Å²) in [6.45, 7) is 0.262. The van der Waals surface area contributed by atoms with Crippen molar-refractivity contribution < 1.29 is 17.8 Å². The third-order valence-electron chi connectivity index (χ3n) is 4.11. The number of amides is 1. The first-order chi connectivity index (χ1) is 10.3. The second-order valence-corrected chi connectivity index (χ2v) is 7.03. The van der Waals surface area contributed by atoms with Crippen molar-refractivity contribution in [2.24, 2.45) is 17.4 Å². The number of carbonyl (C=O) groups is 1. The van der Waals surface area contributed by atoms with E-state index in [0.717, 1.165) is 5.69 Å². The van der Waals surface area contributed by atoms with Gasteiger partial charge >= 0.3 is 0 Å². The van der Waals surface area contributed by atoms with Crippen LogP contribution >= 0.6 is 0 Å². The lowest BCUT2D eigenvalue weighted by Gasteiger charge is -2.40. The third kappa shape index (κ3) is 3.54. The van der Waals surface area contributed by atoms with Crippen LogP contribution in [0.3, 0.4) is 0 Å². The van der Waals surface area contributed by atoms with E-state index in [1.54, 1.807) is 24.5 Å². The van der Waals surface area contributed by atoms with Crippen molar-refractivity contribution in [3.63, 3.8) is 0 Å². The maximum absolute atomic E-state index is 11.8. The first-order valence-corrected chi connectivity index (χ1v) is 8.47. The molecule has 1 aromatic heterocycles. The van der Waals surface area contributed by atoms with E-state index < -0.39 is 33.2 Å². The molecule has 1 aliphatic rings. The van der Waals surface area contributed by atoms with Crippen LogP contribution in [0.1, 0.15) is 12.8 Å². The molecule has 1 saturated heterocycles. The van der Waals surface area contributed by atoms with E-state index in [1.807, 2.05) is 4.90 Å². The van der Waals surface area contributed by atoms with Gasteiger partial charge in [-0.2, -0.15) is 8.42 Å². The summed E-state index contributed by atoms with van der Waals surface area (Å²) < 4.78 is 32.1. The fourth-order valence-electron chi connectivity index (χ4n) is 3.00. The highest BCUT2D eigenvalue weighted by molar-refractivity contribution is 7.86. The van der Waals surface area contributed by atoms with Gasteiger partial charge in [-0.05, 0) is 30.9 Å². The van der Waals surface area contributed by atoms with Gasteiger partial charge in [0.25, 0.3) is 10.1 Å². The van der Waals surface area contributed by atoms with Crippen LogP contribution < -0.4 is 16.4 Å². The second-order valence-electron chi connectivity index (χ2n) is 5.39. The molecular formula is C13H20N4O4S. The van der Waals surface area contributed by atoms with Gasteiger partial charge in [0.2, 0.25) is 5.91 Å². The Morgan fingerprint density at radius 3 is 2.59 bits per heavy atom. The fourth-order valence-corrected chi connectivity index (χ4v) is 3.98. The molecular weight excluding hydrogens is 308 g/mol. The lowest BCUT2D eigenvalue weighted by Crippen LogP contribution is -2.53. The van der Waals surface area contributed by atoms with Gasteiger partial charge in [0.1, 0.15) is 11.3 Å². The summed E-state index contributed by atoms with van der Waals surface area (Å²) in [7, 11) is -4.25. The predicted octanol–water partition coefficient (Wildman–Crippen LogP) is -0.633. The van der Waals surface area contributed by atoms with Crippen molar-refractivity contribution in [2.75, 3.05) is 18.0 Å². The average Bonchev–Trinajstić information content (AvgIpc) is 2.47. The van der Waals surface area contributed by atoms with Gasteiger partial charge in [-0.15, -0.1) is 0 Å². The first-order valence-electron chi connectivity index (χ1n) is 6.97. The summed E-state index contributed by atoms with van der Waals surface area (Å²) in [5.74, 6) is -0.941. The molecule has 2 rings (SSSR count). The Balaban J connectivity index is 2.23. The zero-order valence-electron chi connectivity index (χ0n) is 12.0. The zero-order chi connectivity index (χ0) is 16.3. The Hall–Kier alpha value is -1.71. The molecule has 1 aromatic rings. The first kappa shape index (κ1) is 16.7. The molecule has 0 bridgehead atoms. The lowest BCUT2D eigenvalue weighted by atomic mass is 9.87. The molecule has 1 fully saturated rings. The van der Waals surface area contributed by atoms with Gasteiger partial charge in [-0.25, -0.2) is 0 Å². The maximum atomic E-state index is 11.8. The normalized spacial score (nSPS) is 24.0. The number of pyridine rings is 1. The van der Waals surface area contributed by atoms with Gasteiger partial charge in [-0.1, -0.05) is 0 Å². The molecule has 0 aromatic carbocycles. The molecule has 5 N–H and O–H groups in total. The molecule has 9 heteroatoms. The fraction of sp³-hybridized carbons (Fsp3) is 0.538. The molecule has 0 spiro atoms. The number of nitrogens with two attached hydrogens (primary N) is 2. The second kappa shape index (κ2) is 6.59. The van der Waals surface area contributed by atoms with Crippen LogP contribution in [-0.2, 0) is 14.9 Å². The van der Waals surface area contributed by atoms with Crippen molar-refractivity contribution in [1.29, 1.82) is 0 Å². The summed E-state index contributed by atoms with van der Waals surface area (Å²) in [4.78, 5) is 17.5.